The summed E-state index contributed by atoms with van der Waals surface area (Å²) in [4.78, 5) is 5.99. The second-order valence-corrected chi connectivity index (χ2v) is 11.5. The third kappa shape index (κ3) is 4.13. The molecule has 2 aromatic heterocycles. The van der Waals surface area contributed by atoms with Crippen molar-refractivity contribution in [2.45, 2.75) is 0 Å². The second-order valence-electron chi connectivity index (χ2n) is 11.5. The number of rotatable bonds is 5. The van der Waals surface area contributed by atoms with E-state index in [1.807, 2.05) is 0 Å². The van der Waals surface area contributed by atoms with Gasteiger partial charge in [0.15, 0.2) is 0 Å². The number of aromatic nitrogens is 2. The highest BCUT2D eigenvalue weighted by Gasteiger charge is 2.17. The first-order chi connectivity index (χ1) is 22.3. The van der Waals surface area contributed by atoms with Gasteiger partial charge in [-0.05, 0) is 72.3 Å². The van der Waals surface area contributed by atoms with E-state index in [-0.39, 0.29) is 0 Å². The molecule has 0 radical (unpaired) electrons. The van der Waals surface area contributed by atoms with E-state index >= 15 is 0 Å². The quantitative estimate of drug-likeness (QED) is 0.217. The van der Waals surface area contributed by atoms with Gasteiger partial charge in [-0.3, -0.25) is 0 Å². The number of H-pyrrole nitrogens is 1. The first-order valence-corrected chi connectivity index (χ1v) is 15.4. The first-order valence-electron chi connectivity index (χ1n) is 15.4. The summed E-state index contributed by atoms with van der Waals surface area (Å²) in [5, 5.41) is 4.98. The first kappa shape index (κ1) is 25.4. The van der Waals surface area contributed by atoms with Gasteiger partial charge >= 0.3 is 0 Å². The zero-order valence-electron chi connectivity index (χ0n) is 24.6. The Morgan fingerprint density at radius 2 is 1.04 bits per heavy atom. The van der Waals surface area contributed by atoms with E-state index in [2.05, 4.69) is 184 Å². The number of hydrogen-bond donors (Lipinski definition) is 1. The van der Waals surface area contributed by atoms with Crippen LogP contribution >= 0.6 is 0 Å². The van der Waals surface area contributed by atoms with Gasteiger partial charge in [0.1, 0.15) is 0 Å². The maximum Gasteiger partial charge on any atom is 0.0544 e. The molecule has 0 unspecified atom stereocenters. The lowest BCUT2D eigenvalue weighted by Gasteiger charge is -2.25. The smallest absolute Gasteiger partial charge is 0.0544 e. The fourth-order valence-corrected chi connectivity index (χ4v) is 6.88. The normalized spacial score (nSPS) is 11.6. The zero-order valence-corrected chi connectivity index (χ0v) is 24.6. The van der Waals surface area contributed by atoms with Gasteiger partial charge in [-0.2, -0.15) is 0 Å². The van der Waals surface area contributed by atoms with Crippen LogP contribution in [0.25, 0.3) is 60.4 Å². The average molecular weight is 576 g/mol. The molecule has 0 aliphatic carbocycles. The summed E-state index contributed by atoms with van der Waals surface area (Å²) in [5.41, 5.74) is 11.7. The minimum atomic E-state index is 1.13. The summed E-state index contributed by atoms with van der Waals surface area (Å²) < 4.78 is 2.39. The lowest BCUT2D eigenvalue weighted by molar-refractivity contribution is 1.18. The standard InChI is InChI=1S/C42H29N3/c1-3-12-30(13-4-1)44(31-14-5-2-6-15-31)33-26-27-41-38(28-33)36-17-8-10-21-40(36)45(41)32-24-22-29(23-25-32)34-18-11-19-37-35-16-7-9-20-39(35)43-42(34)37/h1-28,43H. The fourth-order valence-electron chi connectivity index (χ4n) is 6.88. The van der Waals surface area contributed by atoms with Crippen molar-refractivity contribution in [1.29, 1.82) is 0 Å². The molecule has 0 aliphatic heterocycles. The number of nitrogens with one attached hydrogen (secondary N) is 1. The Bertz CT molecular complexity index is 2430. The summed E-state index contributed by atoms with van der Waals surface area (Å²) in [6.45, 7) is 0. The largest absolute Gasteiger partial charge is 0.354 e. The highest BCUT2D eigenvalue weighted by molar-refractivity contribution is 6.12. The summed E-state index contributed by atoms with van der Waals surface area (Å²) in [5.74, 6) is 0. The monoisotopic (exact) mass is 575 g/mol. The molecule has 0 aliphatic rings. The van der Waals surface area contributed by atoms with Crippen LogP contribution in [-0.4, -0.2) is 9.55 Å². The summed E-state index contributed by atoms with van der Waals surface area (Å²) >= 11 is 0. The summed E-state index contributed by atoms with van der Waals surface area (Å²) in [7, 11) is 0. The Kier molecular flexibility index (Phi) is 5.82. The topological polar surface area (TPSA) is 24.0 Å². The van der Waals surface area contributed by atoms with Gasteiger partial charge in [-0.15, -0.1) is 0 Å². The minimum absolute atomic E-state index is 1.13. The predicted molar refractivity (Wildman–Crippen MR) is 190 cm³/mol. The van der Waals surface area contributed by atoms with Gasteiger partial charge in [0, 0.05) is 55.4 Å². The Morgan fingerprint density at radius 1 is 0.422 bits per heavy atom. The molecule has 0 fully saturated rings. The molecule has 3 nitrogen and oxygen atoms in total. The molecule has 0 saturated carbocycles. The van der Waals surface area contributed by atoms with E-state index in [0.717, 1.165) is 22.7 Å². The number of anilines is 3. The van der Waals surface area contributed by atoms with Gasteiger partial charge in [0.2, 0.25) is 0 Å². The van der Waals surface area contributed by atoms with Crippen LogP contribution in [0.3, 0.4) is 0 Å². The summed E-state index contributed by atoms with van der Waals surface area (Å²) in [6.07, 6.45) is 0. The Morgan fingerprint density at radius 3 is 1.80 bits per heavy atom. The number of aromatic amines is 1. The Hall–Kier alpha value is -6.06. The van der Waals surface area contributed by atoms with E-state index in [0.29, 0.717) is 0 Å². The highest BCUT2D eigenvalue weighted by Crippen LogP contribution is 2.40. The molecule has 0 bridgehead atoms. The van der Waals surface area contributed by atoms with Crippen LogP contribution in [0.15, 0.2) is 170 Å². The van der Waals surface area contributed by atoms with Crippen molar-refractivity contribution in [3.63, 3.8) is 0 Å². The van der Waals surface area contributed by atoms with Crippen LogP contribution in [0.5, 0.6) is 0 Å². The molecule has 0 spiro atoms. The predicted octanol–water partition coefficient (Wildman–Crippen LogP) is 11.6. The SMILES string of the molecule is c1ccc(N(c2ccccc2)c2ccc3c(c2)c2ccccc2n3-c2ccc(-c3cccc4c3[nH]c3ccccc34)cc2)cc1. The van der Waals surface area contributed by atoms with Gasteiger partial charge in [-0.1, -0.05) is 103 Å². The molecule has 0 saturated heterocycles. The number of para-hydroxylation sites is 5. The molecule has 7 aromatic carbocycles. The van der Waals surface area contributed by atoms with Gasteiger partial charge in [-0.25, -0.2) is 0 Å². The third-order valence-corrected chi connectivity index (χ3v) is 8.92. The lowest BCUT2D eigenvalue weighted by atomic mass is 10.0. The average Bonchev–Trinajstić information content (AvgIpc) is 3.65. The van der Waals surface area contributed by atoms with E-state index in [9.17, 15) is 0 Å². The lowest BCUT2D eigenvalue weighted by Crippen LogP contribution is -2.09. The number of benzene rings is 7. The second kappa shape index (κ2) is 10.3. The molecule has 3 heteroatoms. The van der Waals surface area contributed by atoms with E-state index < -0.39 is 0 Å². The van der Waals surface area contributed by atoms with Gasteiger partial charge in [0.25, 0.3) is 0 Å². The number of hydrogen-bond acceptors (Lipinski definition) is 1. The van der Waals surface area contributed by atoms with Crippen molar-refractivity contribution < 1.29 is 0 Å². The highest BCUT2D eigenvalue weighted by atomic mass is 15.1. The van der Waals surface area contributed by atoms with Crippen molar-refractivity contribution in [2.24, 2.45) is 0 Å². The molecule has 212 valence electrons. The molecular formula is C42H29N3. The Balaban J connectivity index is 1.18. The van der Waals surface area contributed by atoms with Gasteiger partial charge in [0.05, 0.1) is 16.6 Å². The molecule has 0 amide bonds. The maximum absolute atomic E-state index is 3.66. The molecule has 9 aromatic rings. The van der Waals surface area contributed by atoms with Crippen molar-refractivity contribution in [3.8, 4) is 16.8 Å². The molecule has 1 N–H and O–H groups in total. The maximum atomic E-state index is 3.66. The molecule has 0 atom stereocenters. The fraction of sp³-hybridized carbons (Fsp3) is 0. The summed E-state index contributed by atoms with van der Waals surface area (Å²) in [6, 6.07) is 60.8. The van der Waals surface area contributed by atoms with Crippen molar-refractivity contribution in [3.05, 3.63) is 170 Å². The van der Waals surface area contributed by atoms with Crippen LogP contribution in [0.2, 0.25) is 0 Å². The zero-order chi connectivity index (χ0) is 29.7. The van der Waals surface area contributed by atoms with Crippen molar-refractivity contribution >= 4 is 60.7 Å². The van der Waals surface area contributed by atoms with E-state index in [4.69, 9.17) is 0 Å². The van der Waals surface area contributed by atoms with E-state index in [1.165, 1.54) is 54.7 Å². The van der Waals surface area contributed by atoms with Crippen LogP contribution in [0, 0.1) is 0 Å². The minimum Gasteiger partial charge on any atom is -0.354 e. The molecule has 9 rings (SSSR count). The number of fused-ring (bicyclic) bond motifs is 6. The molecular weight excluding hydrogens is 546 g/mol. The molecule has 45 heavy (non-hydrogen) atoms. The Labute approximate surface area is 261 Å². The van der Waals surface area contributed by atoms with E-state index in [1.54, 1.807) is 0 Å². The molecule has 2 heterocycles. The van der Waals surface area contributed by atoms with Crippen LogP contribution < -0.4 is 4.90 Å². The third-order valence-electron chi connectivity index (χ3n) is 8.92. The van der Waals surface area contributed by atoms with Crippen molar-refractivity contribution in [1.82, 2.24) is 9.55 Å². The number of nitrogens with zero attached hydrogens (tertiary/aromatic N) is 2. The van der Waals surface area contributed by atoms with Crippen LogP contribution in [0.1, 0.15) is 0 Å². The van der Waals surface area contributed by atoms with Crippen molar-refractivity contribution in [2.75, 3.05) is 4.90 Å². The van der Waals surface area contributed by atoms with Crippen LogP contribution in [0.4, 0.5) is 17.1 Å². The van der Waals surface area contributed by atoms with Crippen LogP contribution in [-0.2, 0) is 0 Å². The van der Waals surface area contributed by atoms with Gasteiger partial charge < -0.3 is 14.5 Å².